The van der Waals surface area contributed by atoms with Crippen LogP contribution >= 0.6 is 0 Å². The van der Waals surface area contributed by atoms with E-state index in [1.54, 1.807) is 0 Å². The summed E-state index contributed by atoms with van der Waals surface area (Å²) in [4.78, 5) is 93.4. The Kier molecular flexibility index (Phi) is 15.5. The quantitative estimate of drug-likeness (QED) is 0.226. The number of carbonyl (C=O) groups excluding carboxylic acids is 6. The van der Waals surface area contributed by atoms with E-state index in [0.29, 0.717) is 6.42 Å². The van der Waals surface area contributed by atoms with Crippen LogP contribution in [0.15, 0.2) is 121 Å². The van der Waals surface area contributed by atoms with Crippen LogP contribution in [0.25, 0.3) is 0 Å². The molecule has 5 rings (SSSR count). The Morgan fingerprint density at radius 2 is 0.632 bits per heavy atom. The highest BCUT2D eigenvalue weighted by atomic mass is 16.2. The third kappa shape index (κ3) is 12.9. The van der Waals surface area contributed by atoms with E-state index in [-0.39, 0.29) is 72.0 Å². The second-order valence-electron chi connectivity index (χ2n) is 14.4. The zero-order valence-corrected chi connectivity index (χ0v) is 32.9. The number of hydrogen-bond donors (Lipinski definition) is 0. The van der Waals surface area contributed by atoms with Crippen LogP contribution in [0.4, 0.5) is 0 Å². The van der Waals surface area contributed by atoms with E-state index in [1.807, 2.05) is 128 Å². The number of benzene rings is 4. The van der Waals surface area contributed by atoms with Gasteiger partial charge in [0.2, 0.25) is 35.4 Å². The van der Waals surface area contributed by atoms with Crippen LogP contribution in [0.3, 0.4) is 0 Å². The maximum absolute atomic E-state index is 14.4. The van der Waals surface area contributed by atoms with E-state index >= 15 is 0 Å². The summed E-state index contributed by atoms with van der Waals surface area (Å²) >= 11 is 0. The van der Waals surface area contributed by atoms with Gasteiger partial charge in [-0.2, -0.15) is 0 Å². The summed E-state index contributed by atoms with van der Waals surface area (Å²) in [6, 6.07) is 37.0. The molecule has 0 aliphatic carbocycles. The molecule has 1 heterocycles. The lowest BCUT2D eigenvalue weighted by Crippen LogP contribution is -2.52. The smallest absolute Gasteiger partial charge is 0.242 e. The summed E-state index contributed by atoms with van der Waals surface area (Å²) in [5.74, 6) is -2.75. The van der Waals surface area contributed by atoms with Crippen LogP contribution in [0.5, 0.6) is 0 Å². The standard InChI is InChI=1S/C45H52N6O6/c1-3-4-25-47-32-43(55)48(26-36-17-9-5-10-18-36)31-40(52)46(2)30-41(53)49(27-37-19-11-6-12-20-37)34-44(56)51(29-39-23-15-8-16-24-39)35-45(57)50(33-42(47)54)28-38-21-13-7-14-22-38/h5-24H,3-4,25-35H2,1-2H3. The van der Waals surface area contributed by atoms with E-state index in [1.165, 1.54) is 36.4 Å². The van der Waals surface area contributed by atoms with Crippen molar-refractivity contribution in [1.82, 2.24) is 29.4 Å². The molecule has 4 aromatic carbocycles. The van der Waals surface area contributed by atoms with E-state index in [2.05, 4.69) is 0 Å². The number of unbranched alkanes of at least 4 members (excludes halogenated alkanes) is 1. The molecule has 0 spiro atoms. The molecule has 0 atom stereocenters. The summed E-state index contributed by atoms with van der Waals surface area (Å²) < 4.78 is 0. The van der Waals surface area contributed by atoms with Crippen molar-refractivity contribution in [3.63, 3.8) is 0 Å². The molecule has 1 aliphatic rings. The summed E-state index contributed by atoms with van der Waals surface area (Å²) in [6.07, 6.45) is 1.38. The van der Waals surface area contributed by atoms with E-state index < -0.39 is 35.4 Å². The fourth-order valence-electron chi connectivity index (χ4n) is 6.51. The first-order valence-electron chi connectivity index (χ1n) is 19.4. The molecular formula is C45H52N6O6. The number of nitrogens with zero attached hydrogens (tertiary/aromatic N) is 6. The van der Waals surface area contributed by atoms with Crippen molar-refractivity contribution >= 4 is 35.4 Å². The minimum absolute atomic E-state index is 0.0820. The first-order valence-corrected chi connectivity index (χ1v) is 19.4. The lowest BCUT2D eigenvalue weighted by Gasteiger charge is -2.33. The van der Waals surface area contributed by atoms with Gasteiger partial charge in [-0.15, -0.1) is 0 Å². The number of rotatable bonds is 11. The molecule has 1 fully saturated rings. The van der Waals surface area contributed by atoms with Gasteiger partial charge in [-0.25, -0.2) is 0 Å². The van der Waals surface area contributed by atoms with Crippen LogP contribution in [0.1, 0.15) is 42.0 Å². The molecule has 0 aromatic heterocycles. The molecule has 6 amide bonds. The number of hydrogen-bond acceptors (Lipinski definition) is 6. The average Bonchev–Trinajstić information content (AvgIpc) is 3.22. The number of amides is 6. The predicted octanol–water partition coefficient (Wildman–Crippen LogP) is 4.20. The first-order chi connectivity index (χ1) is 27.6. The van der Waals surface area contributed by atoms with Crippen LogP contribution in [-0.2, 0) is 54.9 Å². The van der Waals surface area contributed by atoms with Gasteiger partial charge in [0.05, 0.1) is 13.1 Å². The molecule has 57 heavy (non-hydrogen) atoms. The predicted molar refractivity (Wildman–Crippen MR) is 217 cm³/mol. The monoisotopic (exact) mass is 772 g/mol. The van der Waals surface area contributed by atoms with Crippen LogP contribution < -0.4 is 0 Å². The zero-order chi connectivity index (χ0) is 40.6. The maximum Gasteiger partial charge on any atom is 0.242 e. The second kappa shape index (κ2) is 21.1. The Morgan fingerprint density at radius 1 is 0.368 bits per heavy atom. The summed E-state index contributed by atoms with van der Waals surface area (Å²) in [7, 11) is 1.49. The van der Waals surface area contributed by atoms with Gasteiger partial charge in [0.1, 0.15) is 26.2 Å². The van der Waals surface area contributed by atoms with Gasteiger partial charge in [0.25, 0.3) is 0 Å². The third-order valence-electron chi connectivity index (χ3n) is 9.84. The lowest BCUT2D eigenvalue weighted by atomic mass is 10.2. The largest absolute Gasteiger partial charge is 0.335 e. The van der Waals surface area contributed by atoms with Gasteiger partial charge in [0.15, 0.2) is 0 Å². The van der Waals surface area contributed by atoms with Crippen molar-refractivity contribution in [1.29, 1.82) is 0 Å². The molecule has 0 radical (unpaired) electrons. The summed E-state index contributed by atoms with van der Waals surface area (Å²) in [5.41, 5.74) is 3.13. The van der Waals surface area contributed by atoms with Crippen molar-refractivity contribution in [2.24, 2.45) is 0 Å². The molecule has 0 unspecified atom stereocenters. The van der Waals surface area contributed by atoms with E-state index in [9.17, 15) is 28.8 Å². The normalized spacial score (nSPS) is 16.0. The van der Waals surface area contributed by atoms with E-state index in [0.717, 1.165) is 28.7 Å². The van der Waals surface area contributed by atoms with E-state index in [4.69, 9.17) is 0 Å². The molecule has 0 bridgehead atoms. The summed E-state index contributed by atoms with van der Waals surface area (Å²) in [5, 5.41) is 0. The van der Waals surface area contributed by atoms with Gasteiger partial charge in [-0.3, -0.25) is 28.8 Å². The highest BCUT2D eigenvalue weighted by Crippen LogP contribution is 2.14. The van der Waals surface area contributed by atoms with Gasteiger partial charge in [-0.05, 0) is 28.7 Å². The van der Waals surface area contributed by atoms with Crippen LogP contribution in [-0.4, -0.2) is 118 Å². The van der Waals surface area contributed by atoms with Gasteiger partial charge in [0, 0.05) is 39.8 Å². The van der Waals surface area contributed by atoms with Crippen molar-refractivity contribution in [2.45, 2.75) is 45.9 Å². The molecule has 1 saturated heterocycles. The van der Waals surface area contributed by atoms with Crippen molar-refractivity contribution in [3.8, 4) is 0 Å². The summed E-state index contributed by atoms with van der Waals surface area (Å²) in [6.45, 7) is 0.555. The third-order valence-corrected chi connectivity index (χ3v) is 9.84. The first kappa shape index (κ1) is 41.9. The molecule has 298 valence electrons. The van der Waals surface area contributed by atoms with Crippen LogP contribution in [0.2, 0.25) is 0 Å². The van der Waals surface area contributed by atoms with Gasteiger partial charge in [-0.1, -0.05) is 135 Å². The Balaban J connectivity index is 1.54. The molecule has 4 aromatic rings. The van der Waals surface area contributed by atoms with Crippen molar-refractivity contribution in [3.05, 3.63) is 144 Å². The highest BCUT2D eigenvalue weighted by Gasteiger charge is 2.31. The van der Waals surface area contributed by atoms with Crippen LogP contribution in [0, 0.1) is 0 Å². The minimum atomic E-state index is -0.475. The highest BCUT2D eigenvalue weighted by molar-refractivity contribution is 5.93. The molecule has 12 nitrogen and oxygen atoms in total. The van der Waals surface area contributed by atoms with Crippen molar-refractivity contribution < 1.29 is 28.8 Å². The zero-order valence-electron chi connectivity index (χ0n) is 32.9. The second-order valence-corrected chi connectivity index (χ2v) is 14.4. The number of carbonyl (C=O) groups is 6. The fraction of sp³-hybridized carbons (Fsp3) is 0.333. The molecule has 1 aliphatic heterocycles. The molecule has 0 N–H and O–H groups in total. The molecule has 0 saturated carbocycles. The topological polar surface area (TPSA) is 122 Å². The average molecular weight is 773 g/mol. The van der Waals surface area contributed by atoms with Crippen molar-refractivity contribution in [2.75, 3.05) is 52.9 Å². The Bertz CT molecular complexity index is 1950. The number of likely N-dealkylation sites (N-methyl/N-ethyl adjacent to an activating group) is 1. The Hall–Kier alpha value is -6.30. The minimum Gasteiger partial charge on any atom is -0.335 e. The SMILES string of the molecule is CCCCN1CC(=O)N(Cc2ccccc2)CC(=O)N(C)CC(=O)N(Cc2ccccc2)CC(=O)N(Cc2ccccc2)CC(=O)N(Cc2ccccc2)CC1=O. The van der Waals surface area contributed by atoms with Gasteiger partial charge < -0.3 is 29.4 Å². The molecule has 12 heteroatoms. The molecular weight excluding hydrogens is 721 g/mol. The van der Waals surface area contributed by atoms with Gasteiger partial charge >= 0.3 is 0 Å². The lowest BCUT2D eigenvalue weighted by molar-refractivity contribution is -0.150. The Labute approximate surface area is 335 Å². The Morgan fingerprint density at radius 3 is 0.947 bits per heavy atom. The fourth-order valence-corrected chi connectivity index (χ4v) is 6.51. The maximum atomic E-state index is 14.4.